The number of nitro groups is 1. The van der Waals surface area contributed by atoms with Crippen molar-refractivity contribution in [3.63, 3.8) is 0 Å². The second kappa shape index (κ2) is 4.85. The van der Waals surface area contributed by atoms with Gasteiger partial charge < -0.3 is 0 Å². The fraction of sp³-hybridized carbons (Fsp3) is 0.222. The molecule has 1 aromatic carbocycles. The molecular formula is C9H8BrNO3. The Hall–Kier alpha value is -1.23. The van der Waals surface area contributed by atoms with Crippen molar-refractivity contribution in [1.82, 2.24) is 0 Å². The van der Waals surface area contributed by atoms with Gasteiger partial charge in [0.25, 0.3) is 5.69 Å². The lowest BCUT2D eigenvalue weighted by molar-refractivity contribution is -0.385. The molecule has 14 heavy (non-hydrogen) atoms. The van der Waals surface area contributed by atoms with Crippen molar-refractivity contribution < 1.29 is 9.72 Å². The molecule has 0 fully saturated rings. The predicted molar refractivity (Wildman–Crippen MR) is 55.6 cm³/mol. The highest BCUT2D eigenvalue weighted by Gasteiger charge is 2.14. The van der Waals surface area contributed by atoms with E-state index in [1.165, 1.54) is 6.07 Å². The molecule has 0 spiro atoms. The second-order valence-electron chi connectivity index (χ2n) is 2.73. The smallest absolute Gasteiger partial charge is 0.273 e. The number of carbonyl (C=O) groups excluding carboxylic acids is 1. The molecule has 0 aliphatic heterocycles. The van der Waals surface area contributed by atoms with Gasteiger partial charge in [0, 0.05) is 18.1 Å². The SMILES string of the molecule is O=C(CBr)Cc1ccccc1[N+](=O)[O-]. The van der Waals surface area contributed by atoms with Crippen LogP contribution in [-0.4, -0.2) is 16.0 Å². The summed E-state index contributed by atoms with van der Waals surface area (Å²) in [5, 5.41) is 10.8. The van der Waals surface area contributed by atoms with E-state index in [4.69, 9.17) is 0 Å². The van der Waals surface area contributed by atoms with E-state index < -0.39 is 4.92 Å². The van der Waals surface area contributed by atoms with Crippen molar-refractivity contribution in [3.05, 3.63) is 39.9 Å². The van der Waals surface area contributed by atoms with Gasteiger partial charge in [-0.2, -0.15) is 0 Å². The van der Waals surface area contributed by atoms with E-state index in [2.05, 4.69) is 15.9 Å². The van der Waals surface area contributed by atoms with E-state index in [1.807, 2.05) is 0 Å². The van der Waals surface area contributed by atoms with Gasteiger partial charge in [-0.3, -0.25) is 14.9 Å². The van der Waals surface area contributed by atoms with Gasteiger partial charge >= 0.3 is 0 Å². The third-order valence-corrected chi connectivity index (χ3v) is 2.35. The quantitative estimate of drug-likeness (QED) is 0.472. The lowest BCUT2D eigenvalue weighted by Crippen LogP contribution is -2.05. The highest BCUT2D eigenvalue weighted by Crippen LogP contribution is 2.18. The van der Waals surface area contributed by atoms with E-state index in [-0.39, 0.29) is 23.2 Å². The highest BCUT2D eigenvalue weighted by molar-refractivity contribution is 9.09. The van der Waals surface area contributed by atoms with E-state index in [0.717, 1.165) is 0 Å². The summed E-state index contributed by atoms with van der Waals surface area (Å²) in [6.07, 6.45) is 0.0996. The fourth-order valence-corrected chi connectivity index (χ4v) is 1.30. The highest BCUT2D eigenvalue weighted by atomic mass is 79.9. The number of nitrogens with zero attached hydrogens (tertiary/aromatic N) is 1. The standard InChI is InChI=1S/C9H8BrNO3/c10-6-8(12)5-7-3-1-2-4-9(7)11(13)14/h1-4H,5-6H2. The van der Waals surface area contributed by atoms with Gasteiger partial charge in [-0.25, -0.2) is 0 Å². The molecule has 1 aromatic rings. The first-order chi connectivity index (χ1) is 6.65. The molecule has 0 unspecified atom stereocenters. The summed E-state index contributed by atoms with van der Waals surface area (Å²) in [5.74, 6) is -0.0701. The van der Waals surface area contributed by atoms with Crippen LogP contribution in [0.2, 0.25) is 0 Å². The van der Waals surface area contributed by atoms with Crippen LogP contribution in [0.4, 0.5) is 5.69 Å². The van der Waals surface area contributed by atoms with Crippen LogP contribution >= 0.6 is 15.9 Å². The zero-order chi connectivity index (χ0) is 10.6. The number of hydrogen-bond acceptors (Lipinski definition) is 3. The monoisotopic (exact) mass is 257 g/mol. The van der Waals surface area contributed by atoms with E-state index in [1.54, 1.807) is 18.2 Å². The fourth-order valence-electron chi connectivity index (χ4n) is 1.10. The zero-order valence-electron chi connectivity index (χ0n) is 7.27. The van der Waals surface area contributed by atoms with Crippen molar-refractivity contribution in [2.75, 3.05) is 5.33 Å². The molecule has 5 heteroatoms. The summed E-state index contributed by atoms with van der Waals surface area (Å²) < 4.78 is 0. The molecule has 0 bridgehead atoms. The molecule has 74 valence electrons. The van der Waals surface area contributed by atoms with Crippen LogP contribution in [0.5, 0.6) is 0 Å². The Morgan fingerprint density at radius 3 is 2.64 bits per heavy atom. The van der Waals surface area contributed by atoms with Crippen LogP contribution in [0.15, 0.2) is 24.3 Å². The van der Waals surface area contributed by atoms with Crippen LogP contribution in [0.3, 0.4) is 0 Å². The first kappa shape index (κ1) is 10.8. The first-order valence-electron chi connectivity index (χ1n) is 3.95. The summed E-state index contributed by atoms with van der Waals surface area (Å²) in [7, 11) is 0. The molecule has 0 N–H and O–H groups in total. The van der Waals surface area contributed by atoms with Crippen molar-refractivity contribution in [2.24, 2.45) is 0 Å². The number of hydrogen-bond donors (Lipinski definition) is 0. The normalized spacial score (nSPS) is 9.79. The van der Waals surface area contributed by atoms with Gasteiger partial charge in [0.1, 0.15) is 5.78 Å². The van der Waals surface area contributed by atoms with Gasteiger partial charge in [0.05, 0.1) is 10.3 Å². The average molecular weight is 258 g/mol. The summed E-state index contributed by atoms with van der Waals surface area (Å²) in [5.41, 5.74) is 0.462. The Morgan fingerprint density at radius 2 is 2.07 bits per heavy atom. The van der Waals surface area contributed by atoms with E-state index in [9.17, 15) is 14.9 Å². The molecule has 0 heterocycles. The number of para-hydroxylation sites is 1. The zero-order valence-corrected chi connectivity index (χ0v) is 8.86. The molecule has 0 amide bonds. The molecular weight excluding hydrogens is 250 g/mol. The van der Waals surface area contributed by atoms with Crippen molar-refractivity contribution >= 4 is 27.4 Å². The number of nitro benzene ring substituents is 1. The molecule has 0 aliphatic rings. The molecule has 0 radical (unpaired) electrons. The number of rotatable bonds is 4. The van der Waals surface area contributed by atoms with Gasteiger partial charge in [-0.1, -0.05) is 34.1 Å². The molecule has 0 aliphatic carbocycles. The Kier molecular flexibility index (Phi) is 3.76. The Bertz CT molecular complexity index is 365. The number of benzene rings is 1. The molecule has 0 aromatic heterocycles. The molecule has 0 saturated heterocycles. The van der Waals surface area contributed by atoms with E-state index in [0.29, 0.717) is 5.56 Å². The number of ketones is 1. The molecule has 0 atom stereocenters. The minimum Gasteiger partial charge on any atom is -0.298 e. The number of halogens is 1. The molecule has 1 rings (SSSR count). The van der Waals surface area contributed by atoms with Gasteiger partial charge in [-0.15, -0.1) is 0 Å². The third-order valence-electron chi connectivity index (χ3n) is 1.72. The van der Waals surface area contributed by atoms with Crippen LogP contribution in [0.25, 0.3) is 0 Å². The Morgan fingerprint density at radius 1 is 1.43 bits per heavy atom. The maximum Gasteiger partial charge on any atom is 0.273 e. The topological polar surface area (TPSA) is 60.2 Å². The maximum atomic E-state index is 11.1. The lowest BCUT2D eigenvalue weighted by Gasteiger charge is -1.99. The van der Waals surface area contributed by atoms with Crippen LogP contribution in [0, 0.1) is 10.1 Å². The minimum atomic E-state index is -0.475. The summed E-state index contributed by atoms with van der Waals surface area (Å²) in [6, 6.07) is 6.26. The number of carbonyl (C=O) groups is 1. The summed E-state index contributed by atoms with van der Waals surface area (Å²) in [4.78, 5) is 21.2. The third kappa shape index (κ3) is 2.63. The number of Topliss-reactive ketones (excluding diaryl/α,β-unsaturated/α-hetero) is 1. The molecule has 0 saturated carbocycles. The van der Waals surface area contributed by atoms with Crippen molar-refractivity contribution in [3.8, 4) is 0 Å². The Balaban J connectivity index is 2.95. The van der Waals surface area contributed by atoms with E-state index >= 15 is 0 Å². The largest absolute Gasteiger partial charge is 0.298 e. The average Bonchev–Trinajstić information content (AvgIpc) is 2.18. The first-order valence-corrected chi connectivity index (χ1v) is 5.07. The minimum absolute atomic E-state index is 0.00167. The lowest BCUT2D eigenvalue weighted by atomic mass is 10.1. The molecule has 4 nitrogen and oxygen atoms in total. The van der Waals surface area contributed by atoms with Gasteiger partial charge in [-0.05, 0) is 0 Å². The van der Waals surface area contributed by atoms with Crippen LogP contribution in [-0.2, 0) is 11.2 Å². The second-order valence-corrected chi connectivity index (χ2v) is 3.30. The van der Waals surface area contributed by atoms with Crippen molar-refractivity contribution in [1.29, 1.82) is 0 Å². The summed E-state index contributed by atoms with van der Waals surface area (Å²) >= 11 is 3.01. The predicted octanol–water partition coefficient (Wildman–Crippen LogP) is 2.10. The van der Waals surface area contributed by atoms with Gasteiger partial charge in [0.2, 0.25) is 0 Å². The Labute approximate surface area is 89.2 Å². The number of alkyl halides is 1. The maximum absolute atomic E-state index is 11.1. The summed E-state index contributed by atoms with van der Waals surface area (Å²) in [6.45, 7) is 0. The van der Waals surface area contributed by atoms with Crippen LogP contribution < -0.4 is 0 Å². The van der Waals surface area contributed by atoms with Crippen LogP contribution in [0.1, 0.15) is 5.56 Å². The van der Waals surface area contributed by atoms with Crippen molar-refractivity contribution in [2.45, 2.75) is 6.42 Å². The van der Waals surface area contributed by atoms with Gasteiger partial charge in [0.15, 0.2) is 0 Å².